The summed E-state index contributed by atoms with van der Waals surface area (Å²) < 4.78 is 1.48. The number of nitrogens with one attached hydrogen (secondary N) is 1. The molecule has 0 unspecified atom stereocenters. The van der Waals surface area contributed by atoms with E-state index >= 15 is 0 Å². The third-order valence-corrected chi connectivity index (χ3v) is 2.68. The molecule has 0 atom stereocenters. The standard InChI is InChI=1S/C14H15N3O3/c18-13(15-17-8-4-5-9-17)11-16(14(19)20)10-12-6-2-1-3-7-12/h1-9H,10-11H2,(H,15,18)(H,19,20). The Balaban J connectivity index is 1.95. The monoisotopic (exact) mass is 273 g/mol. The normalized spacial score (nSPS) is 10.0. The highest BCUT2D eigenvalue weighted by Gasteiger charge is 2.16. The third-order valence-electron chi connectivity index (χ3n) is 2.68. The van der Waals surface area contributed by atoms with E-state index in [4.69, 9.17) is 5.11 Å². The third kappa shape index (κ3) is 3.88. The lowest BCUT2D eigenvalue weighted by Crippen LogP contribution is -2.38. The number of carbonyl (C=O) groups excluding carboxylic acids is 1. The molecule has 1 aromatic carbocycles. The summed E-state index contributed by atoms with van der Waals surface area (Å²) in [5.41, 5.74) is 3.40. The number of carbonyl (C=O) groups is 2. The summed E-state index contributed by atoms with van der Waals surface area (Å²) in [5, 5.41) is 9.15. The van der Waals surface area contributed by atoms with Crippen LogP contribution in [0, 0.1) is 0 Å². The first-order valence-corrected chi connectivity index (χ1v) is 6.10. The van der Waals surface area contributed by atoms with Crippen LogP contribution in [0.4, 0.5) is 4.79 Å². The lowest BCUT2D eigenvalue weighted by atomic mass is 10.2. The molecular formula is C14H15N3O3. The minimum absolute atomic E-state index is 0.176. The molecule has 0 saturated carbocycles. The molecule has 1 heterocycles. The predicted molar refractivity (Wildman–Crippen MR) is 73.7 cm³/mol. The fraction of sp³-hybridized carbons (Fsp3) is 0.143. The van der Waals surface area contributed by atoms with Gasteiger partial charge in [-0.2, -0.15) is 0 Å². The van der Waals surface area contributed by atoms with Crippen molar-refractivity contribution in [3.05, 3.63) is 60.4 Å². The molecule has 6 nitrogen and oxygen atoms in total. The highest BCUT2D eigenvalue weighted by atomic mass is 16.4. The Morgan fingerprint density at radius 1 is 1.10 bits per heavy atom. The summed E-state index contributed by atoms with van der Waals surface area (Å²) in [6, 6.07) is 12.7. The molecule has 6 heteroatoms. The number of hydrogen-bond acceptors (Lipinski definition) is 2. The molecule has 0 aliphatic rings. The Kier molecular flexibility index (Phi) is 4.39. The van der Waals surface area contributed by atoms with Crippen molar-refractivity contribution in [2.75, 3.05) is 12.0 Å². The average molecular weight is 273 g/mol. The van der Waals surface area contributed by atoms with Gasteiger partial charge in [0.1, 0.15) is 6.54 Å². The van der Waals surface area contributed by atoms with Gasteiger partial charge in [-0.25, -0.2) is 4.79 Å². The first-order valence-electron chi connectivity index (χ1n) is 6.10. The van der Waals surface area contributed by atoms with Crippen LogP contribution in [0.2, 0.25) is 0 Å². The van der Waals surface area contributed by atoms with E-state index in [1.165, 1.54) is 4.68 Å². The molecule has 0 spiro atoms. The van der Waals surface area contributed by atoms with Crippen molar-refractivity contribution in [2.45, 2.75) is 6.54 Å². The molecule has 0 aliphatic heterocycles. The quantitative estimate of drug-likeness (QED) is 0.871. The fourth-order valence-electron chi connectivity index (χ4n) is 1.76. The van der Waals surface area contributed by atoms with Crippen molar-refractivity contribution in [2.24, 2.45) is 0 Å². The van der Waals surface area contributed by atoms with Gasteiger partial charge in [-0.05, 0) is 17.7 Å². The molecule has 2 amide bonds. The van der Waals surface area contributed by atoms with Gasteiger partial charge in [0.25, 0.3) is 5.91 Å². The summed E-state index contributed by atoms with van der Waals surface area (Å²) in [7, 11) is 0. The summed E-state index contributed by atoms with van der Waals surface area (Å²) in [6.45, 7) is -0.0440. The molecule has 0 saturated heterocycles. The molecule has 0 fully saturated rings. The lowest BCUT2D eigenvalue weighted by molar-refractivity contribution is -0.118. The van der Waals surface area contributed by atoms with Crippen LogP contribution in [-0.4, -0.2) is 33.2 Å². The van der Waals surface area contributed by atoms with Crippen LogP contribution < -0.4 is 5.43 Å². The number of rotatable bonds is 5. The number of hydrogen-bond donors (Lipinski definition) is 2. The second-order valence-corrected chi connectivity index (χ2v) is 4.25. The number of benzene rings is 1. The molecular weight excluding hydrogens is 258 g/mol. The summed E-state index contributed by atoms with van der Waals surface area (Å²) in [6.07, 6.45) is 2.21. The van der Waals surface area contributed by atoms with E-state index in [9.17, 15) is 9.59 Å². The summed E-state index contributed by atoms with van der Waals surface area (Å²) in [4.78, 5) is 24.0. The van der Waals surface area contributed by atoms with Gasteiger partial charge in [-0.15, -0.1) is 0 Å². The van der Waals surface area contributed by atoms with Gasteiger partial charge in [-0.1, -0.05) is 30.3 Å². The van der Waals surface area contributed by atoms with E-state index in [2.05, 4.69) is 5.43 Å². The second-order valence-electron chi connectivity index (χ2n) is 4.25. The second kappa shape index (κ2) is 6.42. The topological polar surface area (TPSA) is 74.6 Å². The Labute approximate surface area is 116 Å². The van der Waals surface area contributed by atoms with E-state index in [0.29, 0.717) is 0 Å². The van der Waals surface area contributed by atoms with Crippen molar-refractivity contribution in [1.82, 2.24) is 9.58 Å². The molecule has 104 valence electrons. The minimum Gasteiger partial charge on any atom is -0.465 e. The molecule has 0 radical (unpaired) electrons. The van der Waals surface area contributed by atoms with Crippen molar-refractivity contribution >= 4 is 12.0 Å². The van der Waals surface area contributed by atoms with Crippen LogP contribution in [0.15, 0.2) is 54.9 Å². The zero-order valence-corrected chi connectivity index (χ0v) is 10.8. The highest BCUT2D eigenvalue weighted by Crippen LogP contribution is 2.04. The van der Waals surface area contributed by atoms with E-state index in [1.807, 2.05) is 30.3 Å². The zero-order valence-electron chi connectivity index (χ0n) is 10.8. The SMILES string of the molecule is O=C(CN(Cc1ccccc1)C(=O)O)Nn1cccc1. The van der Waals surface area contributed by atoms with Gasteiger partial charge in [0.15, 0.2) is 0 Å². The number of carboxylic acid groups (broad SMARTS) is 1. The number of amides is 2. The molecule has 2 rings (SSSR count). The van der Waals surface area contributed by atoms with Gasteiger partial charge in [0, 0.05) is 18.9 Å². The number of nitrogens with zero attached hydrogens (tertiary/aromatic N) is 2. The molecule has 0 aliphatic carbocycles. The molecule has 1 aromatic heterocycles. The van der Waals surface area contributed by atoms with E-state index in [0.717, 1.165) is 10.5 Å². The maximum atomic E-state index is 11.8. The highest BCUT2D eigenvalue weighted by molar-refractivity contribution is 5.87. The fourth-order valence-corrected chi connectivity index (χ4v) is 1.76. The minimum atomic E-state index is -1.13. The molecule has 2 N–H and O–H groups in total. The predicted octanol–water partition coefficient (Wildman–Crippen LogP) is 1.74. The zero-order chi connectivity index (χ0) is 14.4. The van der Waals surface area contributed by atoms with Crippen molar-refractivity contribution in [3.8, 4) is 0 Å². The number of aromatic nitrogens is 1. The van der Waals surface area contributed by atoms with E-state index < -0.39 is 6.09 Å². The smallest absolute Gasteiger partial charge is 0.408 e. The van der Waals surface area contributed by atoms with Crippen LogP contribution in [0.3, 0.4) is 0 Å². The summed E-state index contributed by atoms with van der Waals surface area (Å²) in [5.74, 6) is -0.389. The van der Waals surface area contributed by atoms with Crippen LogP contribution >= 0.6 is 0 Å². The van der Waals surface area contributed by atoms with Crippen molar-refractivity contribution in [1.29, 1.82) is 0 Å². The van der Waals surface area contributed by atoms with Crippen molar-refractivity contribution < 1.29 is 14.7 Å². The molecule has 20 heavy (non-hydrogen) atoms. The van der Waals surface area contributed by atoms with Crippen molar-refractivity contribution in [3.63, 3.8) is 0 Å². The molecule has 2 aromatic rings. The Morgan fingerprint density at radius 3 is 2.35 bits per heavy atom. The van der Waals surface area contributed by atoms with Crippen LogP contribution in [0.25, 0.3) is 0 Å². The van der Waals surface area contributed by atoms with Gasteiger partial charge >= 0.3 is 6.09 Å². The largest absolute Gasteiger partial charge is 0.465 e. The van der Waals surface area contributed by atoms with Gasteiger partial charge < -0.3 is 5.11 Å². The first kappa shape index (κ1) is 13.7. The Bertz CT molecular complexity index is 567. The maximum Gasteiger partial charge on any atom is 0.408 e. The van der Waals surface area contributed by atoms with Crippen LogP contribution in [0.5, 0.6) is 0 Å². The lowest BCUT2D eigenvalue weighted by Gasteiger charge is -2.19. The van der Waals surface area contributed by atoms with Gasteiger partial charge in [-0.3, -0.25) is 19.8 Å². The maximum absolute atomic E-state index is 11.8. The Hall–Kier alpha value is -2.76. The van der Waals surface area contributed by atoms with Gasteiger partial charge in [0.05, 0.1) is 0 Å². The van der Waals surface area contributed by atoms with Crippen LogP contribution in [-0.2, 0) is 11.3 Å². The molecule has 0 bridgehead atoms. The average Bonchev–Trinajstić information content (AvgIpc) is 2.92. The van der Waals surface area contributed by atoms with E-state index in [1.54, 1.807) is 24.5 Å². The Morgan fingerprint density at radius 2 is 1.75 bits per heavy atom. The summed E-state index contributed by atoms with van der Waals surface area (Å²) >= 11 is 0. The van der Waals surface area contributed by atoms with E-state index in [-0.39, 0.29) is 19.0 Å². The first-order chi connectivity index (χ1) is 9.65. The van der Waals surface area contributed by atoms with Gasteiger partial charge in [0.2, 0.25) is 0 Å². The van der Waals surface area contributed by atoms with Crippen LogP contribution in [0.1, 0.15) is 5.56 Å².